The Hall–Kier alpha value is -0.570. The fourth-order valence-corrected chi connectivity index (χ4v) is 4.15. The molecule has 4 nitrogen and oxygen atoms in total. The number of nitrogens with one attached hydrogen (secondary N) is 1. The Kier molecular flexibility index (Phi) is 4.58. The number of fused-ring (bicyclic) bond motifs is 1. The fraction of sp³-hybridized carbons (Fsp3) is 0.154. The molecule has 1 aromatic carbocycles. The van der Waals surface area contributed by atoms with E-state index in [1.165, 1.54) is 11.3 Å². The van der Waals surface area contributed by atoms with Gasteiger partial charge < -0.3 is 14.8 Å². The molecule has 2 heterocycles. The van der Waals surface area contributed by atoms with E-state index in [1.807, 2.05) is 0 Å². The third-order valence-electron chi connectivity index (χ3n) is 2.75. The molecule has 0 aliphatic carbocycles. The first-order valence-corrected chi connectivity index (χ1v) is 9.09. The summed E-state index contributed by atoms with van der Waals surface area (Å²) in [5.74, 6) is 1.13. The number of carbonyl (C=O) groups is 1. The lowest BCUT2D eigenvalue weighted by molar-refractivity contribution is 0.103. The van der Waals surface area contributed by atoms with Crippen molar-refractivity contribution in [2.24, 2.45) is 0 Å². The second-order valence-electron chi connectivity index (χ2n) is 4.16. The molecular weight excluding hydrogens is 490 g/mol. The third kappa shape index (κ3) is 3.28. The van der Waals surface area contributed by atoms with Crippen LogP contribution in [-0.4, -0.2) is 19.1 Å². The van der Waals surface area contributed by atoms with E-state index in [1.54, 1.807) is 18.2 Å². The monoisotopic (exact) mass is 495 g/mol. The molecule has 0 saturated carbocycles. The largest absolute Gasteiger partial charge is 0.486 e. The van der Waals surface area contributed by atoms with Gasteiger partial charge in [-0.25, -0.2) is 0 Å². The lowest BCUT2D eigenvalue weighted by atomic mass is 10.2. The molecule has 0 saturated heterocycles. The highest BCUT2D eigenvalue weighted by Gasteiger charge is 2.18. The summed E-state index contributed by atoms with van der Waals surface area (Å²) < 4.78 is 13.5. The Labute approximate surface area is 150 Å². The average Bonchev–Trinajstić information content (AvgIpc) is 2.79. The summed E-state index contributed by atoms with van der Waals surface area (Å²) >= 11 is 11.5. The summed E-state index contributed by atoms with van der Waals surface area (Å²) in [6.07, 6.45) is 0. The zero-order valence-electron chi connectivity index (χ0n) is 10.4. The summed E-state index contributed by atoms with van der Waals surface area (Å²) in [4.78, 5) is 12.9. The number of benzene rings is 1. The molecule has 3 rings (SSSR count). The van der Waals surface area contributed by atoms with Crippen LogP contribution in [0, 0.1) is 0 Å². The second kappa shape index (κ2) is 6.28. The van der Waals surface area contributed by atoms with Crippen molar-refractivity contribution >= 4 is 70.7 Å². The number of hydrogen-bond donors (Lipinski definition) is 1. The van der Waals surface area contributed by atoms with E-state index in [4.69, 9.17) is 9.47 Å². The zero-order valence-corrected chi connectivity index (χ0v) is 16.0. The molecule has 0 unspecified atom stereocenters. The SMILES string of the molecule is O=C(Nc1cc2c(cc1Br)OCCO2)c1cc(Br)c(Br)s1. The fourth-order valence-electron chi connectivity index (χ4n) is 1.80. The maximum atomic E-state index is 12.3. The van der Waals surface area contributed by atoms with Gasteiger partial charge in [-0.1, -0.05) is 0 Å². The van der Waals surface area contributed by atoms with Crippen LogP contribution in [-0.2, 0) is 0 Å². The molecule has 8 heteroatoms. The number of ether oxygens (including phenoxy) is 2. The number of amides is 1. The van der Waals surface area contributed by atoms with E-state index in [-0.39, 0.29) is 5.91 Å². The summed E-state index contributed by atoms with van der Waals surface area (Å²) in [7, 11) is 0. The van der Waals surface area contributed by atoms with Crippen molar-refractivity contribution < 1.29 is 14.3 Å². The minimum atomic E-state index is -0.177. The molecule has 1 aliphatic rings. The first kappa shape index (κ1) is 15.3. The van der Waals surface area contributed by atoms with Gasteiger partial charge in [-0.2, -0.15) is 0 Å². The highest BCUT2D eigenvalue weighted by Crippen LogP contribution is 2.39. The van der Waals surface area contributed by atoms with Crippen LogP contribution in [0.5, 0.6) is 11.5 Å². The second-order valence-corrected chi connectivity index (χ2v) is 8.24. The molecule has 0 spiro atoms. The number of hydrogen-bond acceptors (Lipinski definition) is 4. The van der Waals surface area contributed by atoms with E-state index >= 15 is 0 Å². The van der Waals surface area contributed by atoms with E-state index in [2.05, 4.69) is 53.1 Å². The standard InChI is InChI=1S/C13H8Br3NO3S/c14-6-3-9-10(20-2-1-19-9)5-8(6)17-13(18)11-4-7(15)12(16)21-11/h3-5H,1-2H2,(H,17,18). The Balaban J connectivity index is 1.85. The molecule has 0 bridgehead atoms. The van der Waals surface area contributed by atoms with Gasteiger partial charge in [0.05, 0.1) is 14.4 Å². The molecule has 1 aromatic heterocycles. The number of thiophene rings is 1. The van der Waals surface area contributed by atoms with E-state index in [0.29, 0.717) is 35.3 Å². The topological polar surface area (TPSA) is 47.6 Å². The number of rotatable bonds is 2. The van der Waals surface area contributed by atoms with Gasteiger partial charge in [0, 0.05) is 21.1 Å². The molecule has 1 amide bonds. The van der Waals surface area contributed by atoms with Crippen LogP contribution in [0.2, 0.25) is 0 Å². The molecule has 1 N–H and O–H groups in total. The smallest absolute Gasteiger partial charge is 0.265 e. The maximum Gasteiger partial charge on any atom is 0.265 e. The molecule has 0 fully saturated rings. The number of carbonyl (C=O) groups excluding carboxylic acids is 1. The quantitative estimate of drug-likeness (QED) is 0.631. The molecule has 2 aromatic rings. The van der Waals surface area contributed by atoms with Gasteiger partial charge in [0.2, 0.25) is 0 Å². The molecule has 0 atom stereocenters. The van der Waals surface area contributed by atoms with Crippen LogP contribution in [0.3, 0.4) is 0 Å². The number of anilines is 1. The molecule has 110 valence electrons. The van der Waals surface area contributed by atoms with Gasteiger partial charge in [0.15, 0.2) is 11.5 Å². The third-order valence-corrected chi connectivity index (χ3v) is 6.66. The van der Waals surface area contributed by atoms with Gasteiger partial charge in [-0.05, 0) is 53.9 Å². The van der Waals surface area contributed by atoms with Crippen LogP contribution >= 0.6 is 59.1 Å². The Morgan fingerprint density at radius 2 is 1.71 bits per heavy atom. The summed E-state index contributed by atoms with van der Waals surface area (Å²) in [5.41, 5.74) is 0.643. The van der Waals surface area contributed by atoms with Crippen molar-refractivity contribution in [2.45, 2.75) is 0 Å². The van der Waals surface area contributed by atoms with Gasteiger partial charge >= 0.3 is 0 Å². The van der Waals surface area contributed by atoms with Crippen LogP contribution in [0.15, 0.2) is 30.9 Å². The first-order valence-electron chi connectivity index (χ1n) is 5.90. The predicted octanol–water partition coefficient (Wildman–Crippen LogP) is 5.06. The Bertz CT molecular complexity index is 697. The summed E-state index contributed by atoms with van der Waals surface area (Å²) in [6, 6.07) is 5.33. The maximum absolute atomic E-state index is 12.3. The molecule has 0 radical (unpaired) electrons. The lowest BCUT2D eigenvalue weighted by Crippen LogP contribution is -2.16. The number of halogens is 3. The highest BCUT2D eigenvalue weighted by atomic mass is 79.9. The molecular formula is C13H8Br3NO3S. The minimum absolute atomic E-state index is 0.177. The Morgan fingerprint density at radius 3 is 2.33 bits per heavy atom. The Morgan fingerprint density at radius 1 is 1.05 bits per heavy atom. The van der Waals surface area contributed by atoms with Crippen LogP contribution in [0.25, 0.3) is 0 Å². The van der Waals surface area contributed by atoms with Crippen LogP contribution in [0.4, 0.5) is 5.69 Å². The van der Waals surface area contributed by atoms with E-state index in [9.17, 15) is 4.79 Å². The van der Waals surface area contributed by atoms with Gasteiger partial charge in [0.25, 0.3) is 5.91 Å². The van der Waals surface area contributed by atoms with Crippen molar-refractivity contribution in [1.82, 2.24) is 0 Å². The minimum Gasteiger partial charge on any atom is -0.486 e. The highest BCUT2D eigenvalue weighted by molar-refractivity contribution is 9.13. The zero-order chi connectivity index (χ0) is 15.0. The van der Waals surface area contributed by atoms with Crippen molar-refractivity contribution in [3.05, 3.63) is 35.8 Å². The van der Waals surface area contributed by atoms with Crippen LogP contribution in [0.1, 0.15) is 9.67 Å². The summed E-state index contributed by atoms with van der Waals surface area (Å²) in [5, 5.41) is 2.86. The normalized spacial score (nSPS) is 13.1. The average molecular weight is 498 g/mol. The van der Waals surface area contributed by atoms with Gasteiger partial charge in [-0.15, -0.1) is 11.3 Å². The van der Waals surface area contributed by atoms with Crippen molar-refractivity contribution in [3.63, 3.8) is 0 Å². The molecule has 21 heavy (non-hydrogen) atoms. The van der Waals surface area contributed by atoms with E-state index in [0.717, 1.165) is 12.7 Å². The van der Waals surface area contributed by atoms with E-state index < -0.39 is 0 Å². The predicted molar refractivity (Wildman–Crippen MR) is 92.8 cm³/mol. The van der Waals surface area contributed by atoms with Gasteiger partial charge in [-0.3, -0.25) is 4.79 Å². The lowest BCUT2D eigenvalue weighted by Gasteiger charge is -2.20. The van der Waals surface area contributed by atoms with Crippen molar-refractivity contribution in [3.8, 4) is 11.5 Å². The molecule has 1 aliphatic heterocycles. The van der Waals surface area contributed by atoms with Crippen LogP contribution < -0.4 is 14.8 Å². The first-order chi connectivity index (χ1) is 10.0. The van der Waals surface area contributed by atoms with Crippen molar-refractivity contribution in [1.29, 1.82) is 0 Å². The summed E-state index contributed by atoms with van der Waals surface area (Å²) in [6.45, 7) is 1.04. The van der Waals surface area contributed by atoms with Crippen molar-refractivity contribution in [2.75, 3.05) is 18.5 Å². The van der Waals surface area contributed by atoms with Gasteiger partial charge in [0.1, 0.15) is 13.2 Å².